The first-order valence-electron chi connectivity index (χ1n) is 6.86. The lowest BCUT2D eigenvalue weighted by Crippen LogP contribution is -2.21. The first-order valence-corrected chi connectivity index (χ1v) is 6.86. The van der Waals surface area contributed by atoms with Crippen molar-refractivity contribution < 1.29 is 4.42 Å². The minimum atomic E-state index is -0.256. The fourth-order valence-electron chi connectivity index (χ4n) is 2.02. The monoisotopic (exact) mass is 261 g/mol. The van der Waals surface area contributed by atoms with Crippen LogP contribution in [0.3, 0.4) is 0 Å². The van der Waals surface area contributed by atoms with Crippen molar-refractivity contribution in [1.29, 1.82) is 0 Å². The zero-order valence-corrected chi connectivity index (χ0v) is 12.4. The van der Waals surface area contributed by atoms with Gasteiger partial charge in [0.1, 0.15) is 12.1 Å². The molecule has 0 saturated heterocycles. The van der Waals surface area contributed by atoms with Gasteiger partial charge in [-0.3, -0.25) is 0 Å². The summed E-state index contributed by atoms with van der Waals surface area (Å²) in [6, 6.07) is 0. The van der Waals surface area contributed by atoms with Gasteiger partial charge in [-0.15, -0.1) is 0 Å². The van der Waals surface area contributed by atoms with E-state index in [1.165, 1.54) is 12.1 Å². The SMILES string of the molecule is Cc1nc(C(C)(C)c2ncc(CCC(C)C)[nH]2)co1. The van der Waals surface area contributed by atoms with Gasteiger partial charge in [0, 0.05) is 18.8 Å². The summed E-state index contributed by atoms with van der Waals surface area (Å²) in [5, 5.41) is 0. The number of imidazole rings is 1. The van der Waals surface area contributed by atoms with Crippen molar-refractivity contribution in [2.24, 2.45) is 5.92 Å². The van der Waals surface area contributed by atoms with Gasteiger partial charge in [0.05, 0.1) is 11.1 Å². The van der Waals surface area contributed by atoms with E-state index in [4.69, 9.17) is 4.42 Å². The van der Waals surface area contributed by atoms with E-state index in [1.54, 1.807) is 6.26 Å². The Morgan fingerprint density at radius 2 is 2.11 bits per heavy atom. The molecule has 0 aliphatic carbocycles. The number of aryl methyl sites for hydroxylation is 2. The Hall–Kier alpha value is -1.58. The van der Waals surface area contributed by atoms with Crippen LogP contribution in [0.4, 0.5) is 0 Å². The maximum absolute atomic E-state index is 5.31. The number of nitrogens with zero attached hydrogens (tertiary/aromatic N) is 2. The summed E-state index contributed by atoms with van der Waals surface area (Å²) in [4.78, 5) is 12.4. The first-order chi connectivity index (χ1) is 8.89. The Bertz CT molecular complexity index is 537. The highest BCUT2D eigenvalue weighted by Gasteiger charge is 2.29. The van der Waals surface area contributed by atoms with Crippen molar-refractivity contribution in [2.75, 3.05) is 0 Å². The van der Waals surface area contributed by atoms with Gasteiger partial charge in [0.2, 0.25) is 0 Å². The lowest BCUT2D eigenvalue weighted by molar-refractivity contribution is 0.515. The lowest BCUT2D eigenvalue weighted by Gasteiger charge is -2.18. The highest BCUT2D eigenvalue weighted by molar-refractivity contribution is 5.23. The minimum Gasteiger partial charge on any atom is -0.449 e. The Morgan fingerprint density at radius 3 is 2.68 bits per heavy atom. The Kier molecular flexibility index (Phi) is 3.78. The molecule has 19 heavy (non-hydrogen) atoms. The molecule has 0 amide bonds. The van der Waals surface area contributed by atoms with E-state index in [2.05, 4.69) is 42.6 Å². The number of oxazole rings is 1. The second-order valence-corrected chi connectivity index (χ2v) is 6.07. The molecule has 2 rings (SSSR count). The number of nitrogens with one attached hydrogen (secondary N) is 1. The van der Waals surface area contributed by atoms with Crippen LogP contribution >= 0.6 is 0 Å². The second kappa shape index (κ2) is 5.19. The van der Waals surface area contributed by atoms with Crippen LogP contribution in [0.5, 0.6) is 0 Å². The molecule has 0 aliphatic heterocycles. The third-order valence-corrected chi connectivity index (χ3v) is 3.47. The quantitative estimate of drug-likeness (QED) is 0.894. The van der Waals surface area contributed by atoms with Crippen LogP contribution in [0.25, 0.3) is 0 Å². The molecule has 0 radical (unpaired) electrons. The molecule has 0 fully saturated rings. The van der Waals surface area contributed by atoms with Gasteiger partial charge >= 0.3 is 0 Å². The fourth-order valence-corrected chi connectivity index (χ4v) is 2.02. The van der Waals surface area contributed by atoms with Crippen molar-refractivity contribution in [3.63, 3.8) is 0 Å². The fraction of sp³-hybridized carbons (Fsp3) is 0.600. The van der Waals surface area contributed by atoms with Gasteiger partial charge in [-0.25, -0.2) is 9.97 Å². The molecule has 0 aromatic carbocycles. The molecular weight excluding hydrogens is 238 g/mol. The van der Waals surface area contributed by atoms with E-state index in [1.807, 2.05) is 13.1 Å². The van der Waals surface area contributed by atoms with Crippen LogP contribution in [0.2, 0.25) is 0 Å². The minimum absolute atomic E-state index is 0.256. The predicted octanol–water partition coefficient (Wildman–Crippen LogP) is 3.62. The van der Waals surface area contributed by atoms with Gasteiger partial charge in [-0.2, -0.15) is 0 Å². The molecule has 1 N–H and O–H groups in total. The molecule has 2 aromatic heterocycles. The summed E-state index contributed by atoms with van der Waals surface area (Å²) >= 11 is 0. The number of rotatable bonds is 5. The van der Waals surface area contributed by atoms with Crippen molar-refractivity contribution >= 4 is 0 Å². The highest BCUT2D eigenvalue weighted by Crippen LogP contribution is 2.28. The van der Waals surface area contributed by atoms with Gasteiger partial charge in [0.25, 0.3) is 0 Å². The third-order valence-electron chi connectivity index (χ3n) is 3.47. The van der Waals surface area contributed by atoms with Crippen molar-refractivity contribution in [3.8, 4) is 0 Å². The molecule has 0 saturated carbocycles. The van der Waals surface area contributed by atoms with E-state index in [9.17, 15) is 0 Å². The van der Waals surface area contributed by atoms with Gasteiger partial charge in [-0.05, 0) is 32.6 Å². The van der Waals surface area contributed by atoms with Crippen LogP contribution in [0.15, 0.2) is 16.9 Å². The van der Waals surface area contributed by atoms with Crippen LogP contribution in [0.1, 0.15) is 57.2 Å². The lowest BCUT2D eigenvalue weighted by atomic mass is 9.89. The first kappa shape index (κ1) is 13.8. The number of hydrogen-bond acceptors (Lipinski definition) is 3. The number of hydrogen-bond donors (Lipinski definition) is 1. The topological polar surface area (TPSA) is 54.7 Å². The Morgan fingerprint density at radius 1 is 1.37 bits per heavy atom. The number of aromatic nitrogens is 3. The number of aromatic amines is 1. The van der Waals surface area contributed by atoms with Crippen molar-refractivity contribution in [2.45, 2.75) is 52.9 Å². The summed E-state index contributed by atoms with van der Waals surface area (Å²) in [6.07, 6.45) is 5.86. The van der Waals surface area contributed by atoms with Crippen LogP contribution in [0, 0.1) is 12.8 Å². The molecule has 0 bridgehead atoms. The zero-order valence-electron chi connectivity index (χ0n) is 12.4. The van der Waals surface area contributed by atoms with E-state index < -0.39 is 0 Å². The summed E-state index contributed by atoms with van der Waals surface area (Å²) in [6.45, 7) is 10.5. The van der Waals surface area contributed by atoms with Crippen molar-refractivity contribution in [3.05, 3.63) is 35.6 Å². The molecule has 104 valence electrons. The maximum atomic E-state index is 5.31. The van der Waals surface area contributed by atoms with Gasteiger partial charge in [-0.1, -0.05) is 13.8 Å². The molecule has 2 aromatic rings. The molecule has 2 heterocycles. The van der Waals surface area contributed by atoms with E-state index in [-0.39, 0.29) is 5.41 Å². The normalized spacial score (nSPS) is 12.3. The second-order valence-electron chi connectivity index (χ2n) is 6.07. The van der Waals surface area contributed by atoms with E-state index in [0.717, 1.165) is 17.9 Å². The van der Waals surface area contributed by atoms with Crippen LogP contribution < -0.4 is 0 Å². The van der Waals surface area contributed by atoms with Gasteiger partial charge in [0.15, 0.2) is 5.89 Å². The third kappa shape index (κ3) is 3.06. The molecule has 0 spiro atoms. The van der Waals surface area contributed by atoms with Crippen LogP contribution in [-0.2, 0) is 11.8 Å². The zero-order chi connectivity index (χ0) is 14.0. The summed E-state index contributed by atoms with van der Waals surface area (Å²) in [7, 11) is 0. The van der Waals surface area contributed by atoms with E-state index in [0.29, 0.717) is 11.8 Å². The summed E-state index contributed by atoms with van der Waals surface area (Å²) in [5.74, 6) is 2.34. The Balaban J connectivity index is 2.17. The standard InChI is InChI=1S/C15H23N3O/c1-10(2)6-7-12-8-16-14(18-12)15(4,5)13-9-19-11(3)17-13/h8-10H,6-7H2,1-5H3,(H,16,18). The average Bonchev–Trinajstić information content (AvgIpc) is 2.95. The predicted molar refractivity (Wildman–Crippen MR) is 75.1 cm³/mol. The smallest absolute Gasteiger partial charge is 0.191 e. The number of H-pyrrole nitrogens is 1. The largest absolute Gasteiger partial charge is 0.449 e. The average molecular weight is 261 g/mol. The molecule has 4 heteroatoms. The molecular formula is C15H23N3O. The van der Waals surface area contributed by atoms with E-state index >= 15 is 0 Å². The Labute approximate surface area is 114 Å². The molecule has 0 unspecified atom stereocenters. The molecule has 0 aliphatic rings. The molecule has 0 atom stereocenters. The van der Waals surface area contributed by atoms with Crippen LogP contribution in [-0.4, -0.2) is 15.0 Å². The highest BCUT2D eigenvalue weighted by atomic mass is 16.3. The summed E-state index contributed by atoms with van der Waals surface area (Å²) < 4.78 is 5.31. The maximum Gasteiger partial charge on any atom is 0.191 e. The summed E-state index contributed by atoms with van der Waals surface area (Å²) in [5.41, 5.74) is 1.85. The van der Waals surface area contributed by atoms with Crippen molar-refractivity contribution in [1.82, 2.24) is 15.0 Å². The van der Waals surface area contributed by atoms with Gasteiger partial charge < -0.3 is 9.40 Å². The molecule has 4 nitrogen and oxygen atoms in total.